The Balaban J connectivity index is 1.73. The molecule has 0 saturated carbocycles. The molecule has 0 spiro atoms. The highest BCUT2D eigenvalue weighted by Gasteiger charge is 2.05. The average molecular weight is 310 g/mol. The van der Waals surface area contributed by atoms with Crippen molar-refractivity contribution in [3.8, 4) is 0 Å². The molecule has 2 heterocycles. The summed E-state index contributed by atoms with van der Waals surface area (Å²) in [4.78, 5) is 30.5. The minimum atomic E-state index is -0.321. The standard InChI is InChI=1S/C12H14N4O2S2/c13-9-6-10(17)16-12(15-9)20-7-11(18)14-4-3-8-2-1-5-19-8/h1-2,5-6H,3-4,7H2,(H,14,18)(H3,13,15,16,17). The Morgan fingerprint density at radius 2 is 2.40 bits per heavy atom. The Bertz CT molecular complexity index is 625. The Hall–Kier alpha value is -1.80. The van der Waals surface area contributed by atoms with Gasteiger partial charge in [-0.05, 0) is 17.9 Å². The van der Waals surface area contributed by atoms with Crippen LogP contribution in [0.4, 0.5) is 5.82 Å². The minimum Gasteiger partial charge on any atom is -0.383 e. The first-order valence-electron chi connectivity index (χ1n) is 5.92. The number of thioether (sulfide) groups is 1. The maximum absolute atomic E-state index is 11.6. The van der Waals surface area contributed by atoms with Crippen molar-refractivity contribution in [3.63, 3.8) is 0 Å². The van der Waals surface area contributed by atoms with Crippen molar-refractivity contribution in [1.29, 1.82) is 0 Å². The number of nitrogens with one attached hydrogen (secondary N) is 2. The zero-order valence-corrected chi connectivity index (χ0v) is 12.2. The van der Waals surface area contributed by atoms with Crippen LogP contribution in [0.2, 0.25) is 0 Å². The second-order valence-corrected chi connectivity index (χ2v) is 5.94. The number of nitrogens with two attached hydrogens (primary N) is 1. The van der Waals surface area contributed by atoms with Gasteiger partial charge in [0.1, 0.15) is 5.82 Å². The summed E-state index contributed by atoms with van der Waals surface area (Å²) < 4.78 is 0. The highest BCUT2D eigenvalue weighted by Crippen LogP contribution is 2.11. The number of thiophene rings is 1. The number of H-pyrrole nitrogens is 1. The zero-order chi connectivity index (χ0) is 14.4. The maximum atomic E-state index is 11.6. The molecular weight excluding hydrogens is 296 g/mol. The molecule has 0 aliphatic carbocycles. The van der Waals surface area contributed by atoms with E-state index < -0.39 is 0 Å². The molecule has 0 aliphatic rings. The molecule has 0 aromatic carbocycles. The van der Waals surface area contributed by atoms with E-state index in [0.29, 0.717) is 11.7 Å². The van der Waals surface area contributed by atoms with Gasteiger partial charge in [0, 0.05) is 17.5 Å². The first-order valence-corrected chi connectivity index (χ1v) is 7.79. The third-order valence-corrected chi connectivity index (χ3v) is 4.16. The molecule has 0 fully saturated rings. The number of anilines is 1. The molecule has 0 bridgehead atoms. The number of rotatable bonds is 6. The number of aromatic amines is 1. The number of carbonyl (C=O) groups is 1. The highest BCUT2D eigenvalue weighted by molar-refractivity contribution is 7.99. The summed E-state index contributed by atoms with van der Waals surface area (Å²) in [5, 5.41) is 5.18. The normalized spacial score (nSPS) is 10.4. The van der Waals surface area contributed by atoms with Gasteiger partial charge < -0.3 is 16.0 Å². The monoisotopic (exact) mass is 310 g/mol. The van der Waals surface area contributed by atoms with Crippen LogP contribution >= 0.6 is 23.1 Å². The lowest BCUT2D eigenvalue weighted by molar-refractivity contribution is -0.118. The number of nitrogens with zero attached hydrogens (tertiary/aromatic N) is 1. The molecule has 20 heavy (non-hydrogen) atoms. The lowest BCUT2D eigenvalue weighted by atomic mass is 10.3. The zero-order valence-electron chi connectivity index (χ0n) is 10.6. The van der Waals surface area contributed by atoms with Crippen LogP contribution in [0.5, 0.6) is 0 Å². The van der Waals surface area contributed by atoms with Crippen molar-refractivity contribution >= 4 is 34.8 Å². The smallest absolute Gasteiger partial charge is 0.253 e. The first kappa shape index (κ1) is 14.6. The fourth-order valence-electron chi connectivity index (χ4n) is 1.49. The van der Waals surface area contributed by atoms with Gasteiger partial charge in [-0.2, -0.15) is 0 Å². The maximum Gasteiger partial charge on any atom is 0.253 e. The van der Waals surface area contributed by atoms with Crippen LogP contribution in [0.15, 0.2) is 33.5 Å². The molecule has 0 atom stereocenters. The molecule has 0 saturated heterocycles. The number of hydrogen-bond acceptors (Lipinski definition) is 6. The van der Waals surface area contributed by atoms with Crippen molar-refractivity contribution in [3.05, 3.63) is 38.8 Å². The number of carbonyl (C=O) groups excluding carboxylic acids is 1. The summed E-state index contributed by atoms with van der Waals surface area (Å²) in [6.07, 6.45) is 0.821. The molecule has 4 N–H and O–H groups in total. The quantitative estimate of drug-likeness (QED) is 0.543. The number of nitrogen functional groups attached to an aromatic ring is 1. The number of hydrogen-bond donors (Lipinski definition) is 3. The van der Waals surface area contributed by atoms with Crippen LogP contribution < -0.4 is 16.6 Å². The summed E-state index contributed by atoms with van der Waals surface area (Å²) >= 11 is 2.82. The third-order valence-electron chi connectivity index (χ3n) is 2.35. The third kappa shape index (κ3) is 4.71. The minimum absolute atomic E-state index is 0.100. The molecule has 2 rings (SSSR count). The van der Waals surface area contributed by atoms with Crippen LogP contribution in [0.3, 0.4) is 0 Å². The molecule has 0 unspecified atom stereocenters. The Labute approximate surface area is 123 Å². The van der Waals surface area contributed by atoms with Crippen LogP contribution in [-0.4, -0.2) is 28.2 Å². The molecule has 6 nitrogen and oxygen atoms in total. The highest BCUT2D eigenvalue weighted by atomic mass is 32.2. The van der Waals surface area contributed by atoms with E-state index in [1.165, 1.54) is 10.9 Å². The Morgan fingerprint density at radius 1 is 1.55 bits per heavy atom. The van der Waals surface area contributed by atoms with Gasteiger partial charge in [-0.3, -0.25) is 9.59 Å². The molecule has 106 valence electrons. The summed E-state index contributed by atoms with van der Waals surface area (Å²) in [5.74, 6) is 0.239. The predicted molar refractivity (Wildman–Crippen MR) is 81.0 cm³/mol. The number of amides is 1. The average Bonchev–Trinajstić information content (AvgIpc) is 2.88. The van der Waals surface area contributed by atoms with Crippen molar-refractivity contribution in [2.45, 2.75) is 11.6 Å². The van der Waals surface area contributed by atoms with Gasteiger partial charge in [-0.15, -0.1) is 11.3 Å². The van der Waals surface area contributed by atoms with E-state index >= 15 is 0 Å². The lowest BCUT2D eigenvalue weighted by Gasteiger charge is -2.04. The summed E-state index contributed by atoms with van der Waals surface area (Å²) in [6, 6.07) is 5.22. The van der Waals surface area contributed by atoms with Crippen molar-refractivity contribution in [2.75, 3.05) is 18.0 Å². The van der Waals surface area contributed by atoms with E-state index in [9.17, 15) is 9.59 Å². The van der Waals surface area contributed by atoms with Gasteiger partial charge in [0.15, 0.2) is 5.16 Å². The number of aromatic nitrogens is 2. The van der Waals surface area contributed by atoms with E-state index in [-0.39, 0.29) is 23.0 Å². The first-order chi connectivity index (χ1) is 9.63. The van der Waals surface area contributed by atoms with E-state index in [1.54, 1.807) is 11.3 Å². The summed E-state index contributed by atoms with van der Waals surface area (Å²) in [7, 11) is 0. The van der Waals surface area contributed by atoms with E-state index in [4.69, 9.17) is 5.73 Å². The fraction of sp³-hybridized carbons (Fsp3) is 0.250. The molecule has 2 aromatic heterocycles. The van der Waals surface area contributed by atoms with Crippen molar-refractivity contribution in [1.82, 2.24) is 15.3 Å². The van der Waals surface area contributed by atoms with Gasteiger partial charge in [0.05, 0.1) is 5.75 Å². The summed E-state index contributed by atoms with van der Waals surface area (Å²) in [6.45, 7) is 0.598. The predicted octanol–water partition coefficient (Wildman–Crippen LogP) is 0.865. The van der Waals surface area contributed by atoms with E-state index in [2.05, 4.69) is 15.3 Å². The van der Waals surface area contributed by atoms with Crippen LogP contribution in [0.1, 0.15) is 4.88 Å². The topological polar surface area (TPSA) is 101 Å². The summed E-state index contributed by atoms with van der Waals surface area (Å²) in [5.41, 5.74) is 5.14. The second kappa shape index (κ2) is 7.11. The van der Waals surface area contributed by atoms with Crippen LogP contribution in [0.25, 0.3) is 0 Å². The van der Waals surface area contributed by atoms with Gasteiger partial charge in [-0.1, -0.05) is 17.8 Å². The second-order valence-electron chi connectivity index (χ2n) is 3.94. The van der Waals surface area contributed by atoms with Gasteiger partial charge in [-0.25, -0.2) is 4.98 Å². The molecular formula is C12H14N4O2S2. The Morgan fingerprint density at radius 3 is 3.10 bits per heavy atom. The van der Waals surface area contributed by atoms with Gasteiger partial charge in [0.2, 0.25) is 5.91 Å². The van der Waals surface area contributed by atoms with Gasteiger partial charge in [0.25, 0.3) is 5.56 Å². The fourth-order valence-corrected chi connectivity index (χ4v) is 2.91. The SMILES string of the molecule is Nc1cc(=O)[nH]c(SCC(=O)NCCc2cccs2)n1. The van der Waals surface area contributed by atoms with Gasteiger partial charge >= 0.3 is 0 Å². The van der Waals surface area contributed by atoms with Crippen molar-refractivity contribution < 1.29 is 4.79 Å². The molecule has 2 aromatic rings. The molecule has 0 radical (unpaired) electrons. The molecule has 0 aliphatic heterocycles. The Kier molecular flexibility index (Phi) is 5.19. The van der Waals surface area contributed by atoms with E-state index in [1.807, 2.05) is 17.5 Å². The van der Waals surface area contributed by atoms with Crippen LogP contribution in [0, 0.1) is 0 Å². The van der Waals surface area contributed by atoms with Crippen molar-refractivity contribution in [2.24, 2.45) is 0 Å². The largest absolute Gasteiger partial charge is 0.383 e. The van der Waals surface area contributed by atoms with E-state index in [0.717, 1.165) is 18.2 Å². The van der Waals surface area contributed by atoms with Crippen LogP contribution in [-0.2, 0) is 11.2 Å². The lowest BCUT2D eigenvalue weighted by Crippen LogP contribution is -2.27. The molecule has 8 heteroatoms. The molecule has 1 amide bonds.